The second-order valence-electron chi connectivity index (χ2n) is 4.31. The highest BCUT2D eigenvalue weighted by Gasteiger charge is 2.19. The Labute approximate surface area is 99.2 Å². The second kappa shape index (κ2) is 4.71. The van der Waals surface area contributed by atoms with Gasteiger partial charge in [-0.1, -0.05) is 0 Å². The summed E-state index contributed by atoms with van der Waals surface area (Å²) in [4.78, 5) is 0. The molecule has 2 heterocycles. The molecule has 0 spiro atoms. The monoisotopic (exact) mass is 233 g/mol. The zero-order chi connectivity index (χ0) is 11.5. The van der Waals surface area contributed by atoms with Crippen LogP contribution in [0.3, 0.4) is 0 Å². The van der Waals surface area contributed by atoms with Crippen LogP contribution < -0.4 is 5.32 Å². The highest BCUT2D eigenvalue weighted by Crippen LogP contribution is 2.19. The summed E-state index contributed by atoms with van der Waals surface area (Å²) in [5.74, 6) is 1.76. The summed E-state index contributed by atoms with van der Waals surface area (Å²) in [5, 5.41) is 11.4. The third kappa shape index (κ3) is 2.74. The standard InChI is InChI=1S/C12H15N3O2/c1(7-13-9-5-6-9)4-11-14-15-12(17-11)10-3-2-8-16-10/h2-3,8-9,13H,1,4-7H2. The molecule has 1 saturated carbocycles. The fraction of sp³-hybridized carbons (Fsp3) is 0.500. The molecule has 0 saturated heterocycles. The Kier molecular flexibility index (Phi) is 2.92. The van der Waals surface area contributed by atoms with Gasteiger partial charge in [-0.2, -0.15) is 0 Å². The van der Waals surface area contributed by atoms with Gasteiger partial charge in [0.15, 0.2) is 5.76 Å². The van der Waals surface area contributed by atoms with Crippen LogP contribution in [-0.2, 0) is 6.42 Å². The van der Waals surface area contributed by atoms with Gasteiger partial charge in [0.1, 0.15) is 0 Å². The van der Waals surface area contributed by atoms with Crippen molar-refractivity contribution in [2.75, 3.05) is 6.54 Å². The molecule has 5 heteroatoms. The van der Waals surface area contributed by atoms with E-state index in [1.54, 1.807) is 12.3 Å². The van der Waals surface area contributed by atoms with E-state index in [0.29, 0.717) is 17.5 Å². The lowest BCUT2D eigenvalue weighted by atomic mass is 10.3. The SMILES string of the molecule is c1coc(-c2nnc(CCCNC3CC3)o2)c1. The van der Waals surface area contributed by atoms with Crippen molar-refractivity contribution in [1.29, 1.82) is 0 Å². The van der Waals surface area contributed by atoms with E-state index in [1.807, 2.05) is 6.07 Å². The van der Waals surface area contributed by atoms with Gasteiger partial charge in [-0.05, 0) is 37.9 Å². The minimum atomic E-state index is 0.458. The summed E-state index contributed by atoms with van der Waals surface area (Å²) >= 11 is 0. The van der Waals surface area contributed by atoms with Crippen LogP contribution >= 0.6 is 0 Å². The molecule has 0 radical (unpaired) electrons. The molecule has 0 unspecified atom stereocenters. The largest absolute Gasteiger partial charge is 0.459 e. The molecule has 17 heavy (non-hydrogen) atoms. The molecule has 1 aliphatic carbocycles. The molecular formula is C12H15N3O2. The van der Waals surface area contributed by atoms with Crippen molar-refractivity contribution >= 4 is 0 Å². The van der Waals surface area contributed by atoms with E-state index in [9.17, 15) is 0 Å². The first-order valence-corrected chi connectivity index (χ1v) is 6.01. The average Bonchev–Trinajstić information content (AvgIpc) is 2.84. The molecule has 0 atom stereocenters. The van der Waals surface area contributed by atoms with Crippen molar-refractivity contribution in [3.8, 4) is 11.7 Å². The lowest BCUT2D eigenvalue weighted by molar-refractivity contribution is 0.470. The van der Waals surface area contributed by atoms with Crippen molar-refractivity contribution in [2.24, 2.45) is 0 Å². The number of nitrogens with one attached hydrogen (secondary N) is 1. The first kappa shape index (κ1) is 10.5. The number of aryl methyl sites for hydroxylation is 1. The molecule has 0 aromatic carbocycles. The minimum absolute atomic E-state index is 0.458. The maximum Gasteiger partial charge on any atom is 0.283 e. The first-order valence-electron chi connectivity index (χ1n) is 6.01. The Balaban J connectivity index is 1.50. The van der Waals surface area contributed by atoms with Gasteiger partial charge >= 0.3 is 0 Å². The maximum absolute atomic E-state index is 5.51. The Morgan fingerprint density at radius 1 is 1.35 bits per heavy atom. The van der Waals surface area contributed by atoms with Crippen LogP contribution in [0.15, 0.2) is 27.2 Å². The van der Waals surface area contributed by atoms with Gasteiger partial charge in [0.05, 0.1) is 6.26 Å². The van der Waals surface area contributed by atoms with Gasteiger partial charge in [-0.3, -0.25) is 0 Å². The summed E-state index contributed by atoms with van der Waals surface area (Å²) < 4.78 is 10.7. The third-order valence-corrected chi connectivity index (χ3v) is 2.78. The molecule has 2 aromatic rings. The Hall–Kier alpha value is -1.62. The predicted molar refractivity (Wildman–Crippen MR) is 61.3 cm³/mol. The van der Waals surface area contributed by atoms with Crippen LogP contribution in [0.4, 0.5) is 0 Å². The Bertz CT molecular complexity index is 460. The Morgan fingerprint density at radius 2 is 2.29 bits per heavy atom. The topological polar surface area (TPSA) is 64.1 Å². The molecule has 0 aliphatic heterocycles. The average molecular weight is 233 g/mol. The van der Waals surface area contributed by atoms with E-state index < -0.39 is 0 Å². The third-order valence-electron chi connectivity index (χ3n) is 2.78. The number of aromatic nitrogens is 2. The normalized spacial score (nSPS) is 15.3. The van der Waals surface area contributed by atoms with Crippen LogP contribution in [0.2, 0.25) is 0 Å². The fourth-order valence-corrected chi connectivity index (χ4v) is 1.69. The number of furan rings is 1. The molecule has 0 bridgehead atoms. The molecule has 1 aliphatic rings. The Morgan fingerprint density at radius 3 is 3.06 bits per heavy atom. The van der Waals surface area contributed by atoms with E-state index in [4.69, 9.17) is 8.83 Å². The number of rotatable bonds is 6. The summed E-state index contributed by atoms with van der Waals surface area (Å²) in [6, 6.07) is 4.38. The van der Waals surface area contributed by atoms with Gasteiger partial charge in [0, 0.05) is 12.5 Å². The van der Waals surface area contributed by atoms with Crippen molar-refractivity contribution in [3.63, 3.8) is 0 Å². The predicted octanol–water partition coefficient (Wildman–Crippen LogP) is 2.01. The summed E-state index contributed by atoms with van der Waals surface area (Å²) in [6.45, 7) is 1.02. The number of hydrogen-bond acceptors (Lipinski definition) is 5. The second-order valence-corrected chi connectivity index (χ2v) is 4.31. The van der Waals surface area contributed by atoms with Crippen molar-refractivity contribution in [2.45, 2.75) is 31.7 Å². The van der Waals surface area contributed by atoms with E-state index in [-0.39, 0.29) is 0 Å². The quantitative estimate of drug-likeness (QED) is 0.773. The van der Waals surface area contributed by atoms with Crippen molar-refractivity contribution in [1.82, 2.24) is 15.5 Å². The smallest absolute Gasteiger partial charge is 0.283 e. The van der Waals surface area contributed by atoms with Gasteiger partial charge in [-0.25, -0.2) is 0 Å². The van der Waals surface area contributed by atoms with Gasteiger partial charge in [0.25, 0.3) is 5.89 Å². The molecule has 5 nitrogen and oxygen atoms in total. The highest BCUT2D eigenvalue weighted by atomic mass is 16.4. The lowest BCUT2D eigenvalue weighted by Crippen LogP contribution is -2.17. The van der Waals surface area contributed by atoms with E-state index in [1.165, 1.54) is 12.8 Å². The molecule has 0 amide bonds. The van der Waals surface area contributed by atoms with Gasteiger partial charge < -0.3 is 14.2 Å². The summed E-state index contributed by atoms with van der Waals surface area (Å²) in [5.41, 5.74) is 0. The zero-order valence-electron chi connectivity index (χ0n) is 9.56. The summed E-state index contributed by atoms with van der Waals surface area (Å²) in [7, 11) is 0. The van der Waals surface area contributed by atoms with Crippen molar-refractivity contribution in [3.05, 3.63) is 24.3 Å². The summed E-state index contributed by atoms with van der Waals surface area (Å²) in [6.07, 6.45) is 6.08. The van der Waals surface area contributed by atoms with E-state index >= 15 is 0 Å². The fourth-order valence-electron chi connectivity index (χ4n) is 1.69. The molecule has 1 fully saturated rings. The number of nitrogens with zero attached hydrogens (tertiary/aromatic N) is 2. The first-order chi connectivity index (χ1) is 8.42. The maximum atomic E-state index is 5.51. The van der Waals surface area contributed by atoms with Crippen LogP contribution in [0.5, 0.6) is 0 Å². The molecule has 3 rings (SSSR count). The zero-order valence-corrected chi connectivity index (χ0v) is 9.56. The van der Waals surface area contributed by atoms with Gasteiger partial charge in [0.2, 0.25) is 5.89 Å². The van der Waals surface area contributed by atoms with Crippen LogP contribution in [-0.4, -0.2) is 22.8 Å². The van der Waals surface area contributed by atoms with Crippen molar-refractivity contribution < 1.29 is 8.83 Å². The van der Waals surface area contributed by atoms with Crippen LogP contribution in [0.25, 0.3) is 11.7 Å². The molecule has 2 aromatic heterocycles. The molecular weight excluding hydrogens is 218 g/mol. The molecule has 90 valence electrons. The van der Waals surface area contributed by atoms with Gasteiger partial charge in [-0.15, -0.1) is 10.2 Å². The van der Waals surface area contributed by atoms with E-state index in [2.05, 4.69) is 15.5 Å². The highest BCUT2D eigenvalue weighted by molar-refractivity contribution is 5.42. The number of hydrogen-bond donors (Lipinski definition) is 1. The molecule has 1 N–H and O–H groups in total. The van der Waals surface area contributed by atoms with E-state index in [0.717, 1.165) is 25.4 Å². The van der Waals surface area contributed by atoms with Crippen LogP contribution in [0, 0.1) is 0 Å². The lowest BCUT2D eigenvalue weighted by Gasteiger charge is -1.99. The van der Waals surface area contributed by atoms with Crippen LogP contribution in [0.1, 0.15) is 25.2 Å². The minimum Gasteiger partial charge on any atom is -0.459 e.